The number of anilines is 4. The molecule has 4 N–H and O–H groups in total. The number of hydrogen-bond acceptors (Lipinski definition) is 4. The highest BCUT2D eigenvalue weighted by Gasteiger charge is 2.32. The summed E-state index contributed by atoms with van der Waals surface area (Å²) in [5, 5.41) is 11.1. The molecule has 0 atom stereocenters. The van der Waals surface area contributed by atoms with Crippen LogP contribution in [-0.4, -0.2) is 23.6 Å². The highest BCUT2D eigenvalue weighted by molar-refractivity contribution is 6.07. The van der Waals surface area contributed by atoms with E-state index in [0.717, 1.165) is 51.8 Å². The van der Waals surface area contributed by atoms with Crippen LogP contribution in [0.1, 0.15) is 59.7 Å². The van der Waals surface area contributed by atoms with Crippen molar-refractivity contribution in [2.75, 3.05) is 21.3 Å². The molecule has 0 bridgehead atoms. The van der Waals surface area contributed by atoms with E-state index in [4.69, 9.17) is 0 Å². The predicted octanol–water partition coefficient (Wildman–Crippen LogP) is 10.5. The maximum absolute atomic E-state index is 13.2. The molecule has 6 aromatic rings. The molecule has 58 heavy (non-hydrogen) atoms. The lowest BCUT2D eigenvalue weighted by atomic mass is 9.99. The van der Waals surface area contributed by atoms with Crippen LogP contribution in [0.4, 0.5) is 35.9 Å². The molecule has 0 unspecified atom stereocenters. The molecular formula is C47H43F3N4O4. The summed E-state index contributed by atoms with van der Waals surface area (Å²) < 4.78 is 39.6. The summed E-state index contributed by atoms with van der Waals surface area (Å²) in [4.78, 5) is 50.3. The highest BCUT2D eigenvalue weighted by atomic mass is 19.4. The van der Waals surface area contributed by atoms with Crippen molar-refractivity contribution in [3.8, 4) is 0 Å². The number of aryl methyl sites for hydroxylation is 4. The van der Waals surface area contributed by atoms with E-state index in [1.165, 1.54) is 0 Å². The topological polar surface area (TPSA) is 116 Å². The number of halogens is 3. The SMILES string of the molecule is Cc1ccc(NC(=O)Cc2cc(C(F)(F)F)ccc2C(=O)Nc2ccc(C)cc2)cc1.Cc1ccc(NC(=O)Cc2ccccc2C(=O)Nc2ccc(C)cc2)cc1. The molecule has 0 aliphatic rings. The smallest absolute Gasteiger partial charge is 0.326 e. The summed E-state index contributed by atoms with van der Waals surface area (Å²) in [6, 6.07) is 39.2. The molecule has 0 spiro atoms. The normalized spacial score (nSPS) is 10.7. The van der Waals surface area contributed by atoms with Crippen LogP contribution in [0, 0.1) is 27.7 Å². The Labute approximate surface area is 335 Å². The molecule has 0 aliphatic heterocycles. The molecule has 6 aromatic carbocycles. The van der Waals surface area contributed by atoms with Gasteiger partial charge in [0.05, 0.1) is 18.4 Å². The first-order valence-electron chi connectivity index (χ1n) is 18.4. The number of alkyl halides is 3. The summed E-state index contributed by atoms with van der Waals surface area (Å²) in [5.41, 5.74) is 7.02. The molecule has 0 saturated carbocycles. The van der Waals surface area contributed by atoms with Crippen LogP contribution in [0.2, 0.25) is 0 Å². The number of rotatable bonds is 10. The predicted molar refractivity (Wildman–Crippen MR) is 223 cm³/mol. The van der Waals surface area contributed by atoms with Gasteiger partial charge in [0.1, 0.15) is 0 Å². The van der Waals surface area contributed by atoms with Crippen molar-refractivity contribution in [2.45, 2.75) is 46.7 Å². The lowest BCUT2D eigenvalue weighted by molar-refractivity contribution is -0.137. The second kappa shape index (κ2) is 19.2. The van der Waals surface area contributed by atoms with Crippen LogP contribution in [0.5, 0.6) is 0 Å². The summed E-state index contributed by atoms with van der Waals surface area (Å²) >= 11 is 0. The van der Waals surface area contributed by atoms with E-state index >= 15 is 0 Å². The fourth-order valence-corrected chi connectivity index (χ4v) is 5.73. The van der Waals surface area contributed by atoms with Crippen LogP contribution >= 0.6 is 0 Å². The van der Waals surface area contributed by atoms with Crippen LogP contribution in [0.15, 0.2) is 140 Å². The van der Waals surface area contributed by atoms with E-state index in [1.54, 1.807) is 66.7 Å². The lowest BCUT2D eigenvalue weighted by Crippen LogP contribution is -2.20. The zero-order chi connectivity index (χ0) is 41.8. The number of nitrogens with one attached hydrogen (secondary N) is 4. The average molecular weight is 785 g/mol. The van der Waals surface area contributed by atoms with Crippen LogP contribution < -0.4 is 21.3 Å². The molecule has 4 amide bonds. The molecule has 0 heterocycles. The van der Waals surface area contributed by atoms with Crippen LogP contribution in [0.3, 0.4) is 0 Å². The fraction of sp³-hybridized carbons (Fsp3) is 0.149. The molecule has 0 aliphatic carbocycles. The number of benzene rings is 6. The largest absolute Gasteiger partial charge is 0.416 e. The van der Waals surface area contributed by atoms with Gasteiger partial charge in [0, 0.05) is 33.9 Å². The van der Waals surface area contributed by atoms with E-state index < -0.39 is 23.6 Å². The highest BCUT2D eigenvalue weighted by Crippen LogP contribution is 2.31. The Kier molecular flexibility index (Phi) is 14.0. The first kappa shape index (κ1) is 42.1. The molecular weight excluding hydrogens is 742 g/mol. The molecule has 6 rings (SSSR count). The van der Waals surface area contributed by atoms with Gasteiger partial charge in [0.25, 0.3) is 11.8 Å². The molecule has 296 valence electrons. The fourth-order valence-electron chi connectivity index (χ4n) is 5.73. The third kappa shape index (κ3) is 12.5. The van der Waals surface area contributed by atoms with E-state index in [0.29, 0.717) is 22.5 Å². The number of carbonyl (C=O) groups excluding carboxylic acids is 4. The molecule has 8 nitrogen and oxygen atoms in total. The van der Waals surface area contributed by atoms with Gasteiger partial charge in [-0.15, -0.1) is 0 Å². The zero-order valence-corrected chi connectivity index (χ0v) is 32.5. The van der Waals surface area contributed by atoms with Crippen molar-refractivity contribution in [1.82, 2.24) is 0 Å². The molecule has 11 heteroatoms. The Balaban J connectivity index is 0.000000223. The van der Waals surface area contributed by atoms with Gasteiger partial charge in [0.15, 0.2) is 0 Å². The quantitative estimate of drug-likeness (QED) is 0.111. The van der Waals surface area contributed by atoms with Gasteiger partial charge in [-0.1, -0.05) is 89.0 Å². The van der Waals surface area contributed by atoms with Crippen LogP contribution in [0.25, 0.3) is 0 Å². The molecule has 0 saturated heterocycles. The van der Waals surface area contributed by atoms with Crippen molar-refractivity contribution < 1.29 is 32.3 Å². The van der Waals surface area contributed by atoms with E-state index in [-0.39, 0.29) is 35.8 Å². The monoisotopic (exact) mass is 784 g/mol. The van der Waals surface area contributed by atoms with E-state index in [1.807, 2.05) is 82.3 Å². The minimum atomic E-state index is -4.59. The Bertz CT molecular complexity index is 2380. The summed E-state index contributed by atoms with van der Waals surface area (Å²) in [6.45, 7) is 7.78. The van der Waals surface area contributed by atoms with Crippen molar-refractivity contribution in [3.05, 3.63) is 190 Å². The first-order chi connectivity index (χ1) is 27.6. The Morgan fingerprint density at radius 2 is 0.776 bits per heavy atom. The Morgan fingerprint density at radius 3 is 1.17 bits per heavy atom. The zero-order valence-electron chi connectivity index (χ0n) is 32.5. The first-order valence-corrected chi connectivity index (χ1v) is 18.4. The molecule has 0 radical (unpaired) electrons. The van der Waals surface area contributed by atoms with Crippen molar-refractivity contribution >= 4 is 46.4 Å². The third-order valence-corrected chi connectivity index (χ3v) is 8.93. The summed E-state index contributed by atoms with van der Waals surface area (Å²) in [6.07, 6.45) is -4.84. The Morgan fingerprint density at radius 1 is 0.431 bits per heavy atom. The standard InChI is InChI=1S/C24H21F3N2O2.C23H22N2O2/c1-15-3-8-19(9-4-15)28-22(30)14-17-13-18(24(25,26)27)7-12-21(17)23(31)29-20-10-5-16(2)6-11-20;1-16-7-11-19(12-8-16)24-22(26)15-18-5-3-4-6-21(18)23(27)25-20-13-9-17(2)10-14-20/h3-13H,14H2,1-2H3,(H,28,30)(H,29,31);3-14H,15H2,1-2H3,(H,24,26)(H,25,27). The summed E-state index contributed by atoms with van der Waals surface area (Å²) in [5.74, 6) is -1.49. The van der Waals surface area contributed by atoms with E-state index in [2.05, 4.69) is 21.3 Å². The van der Waals surface area contributed by atoms with Gasteiger partial charge in [-0.2, -0.15) is 13.2 Å². The van der Waals surface area contributed by atoms with Gasteiger partial charge in [-0.3, -0.25) is 19.2 Å². The van der Waals surface area contributed by atoms with Gasteiger partial charge in [-0.25, -0.2) is 0 Å². The van der Waals surface area contributed by atoms with Crippen molar-refractivity contribution in [3.63, 3.8) is 0 Å². The minimum absolute atomic E-state index is 0.00707. The minimum Gasteiger partial charge on any atom is -0.326 e. The molecule has 0 aromatic heterocycles. The van der Waals surface area contributed by atoms with Crippen LogP contribution in [-0.2, 0) is 28.6 Å². The molecule has 0 fully saturated rings. The number of carbonyl (C=O) groups is 4. The average Bonchev–Trinajstić information content (AvgIpc) is 3.18. The van der Waals surface area contributed by atoms with Gasteiger partial charge < -0.3 is 21.3 Å². The summed E-state index contributed by atoms with van der Waals surface area (Å²) in [7, 11) is 0. The lowest BCUT2D eigenvalue weighted by Gasteiger charge is -2.14. The number of hydrogen-bond donors (Lipinski definition) is 4. The van der Waals surface area contributed by atoms with Crippen molar-refractivity contribution in [2.24, 2.45) is 0 Å². The second-order valence-corrected chi connectivity index (χ2v) is 13.8. The second-order valence-electron chi connectivity index (χ2n) is 13.8. The van der Waals surface area contributed by atoms with Gasteiger partial charge >= 0.3 is 6.18 Å². The van der Waals surface area contributed by atoms with Crippen molar-refractivity contribution in [1.29, 1.82) is 0 Å². The third-order valence-electron chi connectivity index (χ3n) is 8.93. The van der Waals surface area contributed by atoms with E-state index in [9.17, 15) is 32.3 Å². The Hall–Kier alpha value is -7.01. The van der Waals surface area contributed by atoms with Gasteiger partial charge in [0.2, 0.25) is 11.8 Å². The number of amides is 4. The van der Waals surface area contributed by atoms with Gasteiger partial charge in [-0.05, 0) is 112 Å². The maximum atomic E-state index is 13.2. The maximum Gasteiger partial charge on any atom is 0.416 e.